The zero-order valence-corrected chi connectivity index (χ0v) is 22.7. The third-order valence-corrected chi connectivity index (χ3v) is 7.12. The van der Waals surface area contributed by atoms with Crippen LogP contribution in [0.5, 0.6) is 0 Å². The number of benzene rings is 1. The molecule has 0 bridgehead atoms. The van der Waals surface area contributed by atoms with Gasteiger partial charge in [-0.1, -0.05) is 0 Å². The minimum absolute atomic E-state index is 0.00304. The number of hydrogen-bond acceptors (Lipinski definition) is 8. The molecule has 31 heavy (non-hydrogen) atoms. The quantitative estimate of drug-likeness (QED) is 0.101. The molecule has 11 nitrogen and oxygen atoms in total. The van der Waals surface area contributed by atoms with Crippen LogP contribution in [0.2, 0.25) is 0 Å². The first-order valence-corrected chi connectivity index (χ1v) is 12.0. The summed E-state index contributed by atoms with van der Waals surface area (Å²) in [5.41, 5.74) is 5.61. The van der Waals surface area contributed by atoms with Crippen LogP contribution in [0.4, 0.5) is 5.69 Å². The monoisotopic (exact) mass is 777 g/mol. The van der Waals surface area contributed by atoms with Crippen LogP contribution in [0.3, 0.4) is 0 Å². The normalized spacial score (nSPS) is 12.9. The number of primary amides is 1. The minimum atomic E-state index is -1.42. The lowest BCUT2D eigenvalue weighted by molar-refractivity contribution is -0.124. The van der Waals surface area contributed by atoms with E-state index in [1.165, 1.54) is 6.92 Å². The van der Waals surface area contributed by atoms with Gasteiger partial charge in [-0.3, -0.25) is 19.2 Å². The third-order valence-electron chi connectivity index (χ3n) is 3.94. The highest BCUT2D eigenvalue weighted by atomic mass is 127. The smallest absolute Gasteiger partial charge is 0.253 e. The molecule has 0 heterocycles. The van der Waals surface area contributed by atoms with Crippen molar-refractivity contribution in [2.45, 2.75) is 25.5 Å². The van der Waals surface area contributed by atoms with E-state index >= 15 is 0 Å². The number of hydroxylamine groups is 1. The Hall–Kier alpha value is -0.380. The molecule has 0 saturated heterocycles. The lowest BCUT2D eigenvalue weighted by Crippen LogP contribution is -2.48. The van der Waals surface area contributed by atoms with Gasteiger partial charge in [0.2, 0.25) is 5.91 Å². The van der Waals surface area contributed by atoms with Crippen molar-refractivity contribution in [1.29, 1.82) is 0 Å². The number of carbonyl (C=O) groups is 3. The molecule has 0 aliphatic heterocycles. The summed E-state index contributed by atoms with van der Waals surface area (Å²) in [5.74, 6) is -2.14. The van der Waals surface area contributed by atoms with E-state index in [2.05, 4.69) is 5.32 Å². The summed E-state index contributed by atoms with van der Waals surface area (Å²) in [4.78, 5) is 42.9. The zero-order chi connectivity index (χ0) is 23.9. The van der Waals surface area contributed by atoms with Crippen LogP contribution in [0, 0.1) is 10.7 Å². The Labute approximate surface area is 219 Å². The van der Waals surface area contributed by atoms with Crippen molar-refractivity contribution in [3.8, 4) is 0 Å². The molecule has 174 valence electrons. The Bertz CT molecular complexity index is 840. The standard InChI is InChI=1S/C17H22I3N3O8/c1-7(27)23(31-4-2-3-24)15-13(19)10(16(21)29)12(18)11(14(15)20)17(30)22-8(5-25)9(28)6-26/h8-9,24-26,28H,2-6H2,1H3,(H2,21,29)(H,22,30). The van der Waals surface area contributed by atoms with Gasteiger partial charge < -0.3 is 31.5 Å². The van der Waals surface area contributed by atoms with E-state index in [1.54, 1.807) is 22.6 Å². The lowest BCUT2D eigenvalue weighted by Gasteiger charge is -2.27. The number of nitrogens with zero attached hydrogens (tertiary/aromatic N) is 1. The van der Waals surface area contributed by atoms with E-state index < -0.39 is 43.1 Å². The molecule has 0 radical (unpaired) electrons. The maximum Gasteiger partial charge on any atom is 0.253 e. The van der Waals surface area contributed by atoms with Crippen LogP contribution in [0.1, 0.15) is 34.1 Å². The van der Waals surface area contributed by atoms with E-state index in [9.17, 15) is 24.6 Å². The molecule has 1 aromatic carbocycles. The fourth-order valence-electron chi connectivity index (χ4n) is 2.41. The second-order valence-corrected chi connectivity index (χ2v) is 9.38. The maximum atomic E-state index is 13.0. The Morgan fingerprint density at radius 1 is 1.06 bits per heavy atom. The van der Waals surface area contributed by atoms with Gasteiger partial charge in [0, 0.05) is 17.1 Å². The topological polar surface area (TPSA) is 183 Å². The fraction of sp³-hybridized carbons (Fsp3) is 0.471. The molecular formula is C17H22I3N3O8. The van der Waals surface area contributed by atoms with E-state index in [0.717, 1.165) is 5.06 Å². The fourth-order valence-corrected chi connectivity index (χ4v) is 7.04. The summed E-state index contributed by atoms with van der Waals surface area (Å²) in [6, 6.07) is -1.17. The van der Waals surface area contributed by atoms with Crippen LogP contribution in [0.15, 0.2) is 0 Å². The first-order chi connectivity index (χ1) is 14.5. The summed E-state index contributed by atoms with van der Waals surface area (Å²) in [6.07, 6.45) is -1.17. The van der Waals surface area contributed by atoms with Crippen molar-refractivity contribution < 1.29 is 39.6 Å². The highest BCUT2D eigenvalue weighted by molar-refractivity contribution is 14.1. The first-order valence-electron chi connectivity index (χ1n) is 8.78. The molecule has 1 rings (SSSR count). The van der Waals surface area contributed by atoms with Gasteiger partial charge in [0.25, 0.3) is 11.8 Å². The predicted molar refractivity (Wildman–Crippen MR) is 135 cm³/mol. The van der Waals surface area contributed by atoms with Crippen molar-refractivity contribution in [2.75, 3.05) is 31.5 Å². The van der Waals surface area contributed by atoms with Gasteiger partial charge in [-0.2, -0.15) is 5.06 Å². The van der Waals surface area contributed by atoms with Gasteiger partial charge in [0.1, 0.15) is 5.69 Å². The molecule has 2 atom stereocenters. The van der Waals surface area contributed by atoms with E-state index in [0.29, 0.717) is 0 Å². The number of hydrogen-bond donors (Lipinski definition) is 6. The number of aliphatic hydroxyl groups is 4. The highest BCUT2D eigenvalue weighted by Crippen LogP contribution is 2.38. The van der Waals surface area contributed by atoms with Crippen molar-refractivity contribution in [2.24, 2.45) is 5.73 Å². The number of anilines is 1. The second-order valence-electron chi connectivity index (χ2n) is 6.14. The largest absolute Gasteiger partial charge is 0.396 e. The lowest BCUT2D eigenvalue weighted by atomic mass is 10.1. The number of nitrogens with one attached hydrogen (secondary N) is 1. The number of halogens is 3. The number of nitrogens with two attached hydrogens (primary N) is 1. The van der Waals surface area contributed by atoms with Gasteiger partial charge >= 0.3 is 0 Å². The molecule has 0 aromatic heterocycles. The van der Waals surface area contributed by atoms with Crippen LogP contribution < -0.4 is 16.1 Å². The Morgan fingerprint density at radius 2 is 1.65 bits per heavy atom. The van der Waals surface area contributed by atoms with Crippen molar-refractivity contribution >= 4 is 91.2 Å². The Morgan fingerprint density at radius 3 is 2.10 bits per heavy atom. The van der Waals surface area contributed by atoms with Gasteiger partial charge in [-0.25, -0.2) is 0 Å². The second kappa shape index (κ2) is 13.4. The average Bonchev–Trinajstić information content (AvgIpc) is 2.69. The molecule has 0 aliphatic carbocycles. The highest BCUT2D eigenvalue weighted by Gasteiger charge is 2.32. The number of aliphatic hydroxyl groups excluding tert-OH is 4. The Balaban J connectivity index is 3.67. The summed E-state index contributed by atoms with van der Waals surface area (Å²) in [7, 11) is 0. The number of carbonyl (C=O) groups excluding carboxylic acids is 3. The molecule has 2 unspecified atom stereocenters. The van der Waals surface area contributed by atoms with E-state index in [-0.39, 0.29) is 47.2 Å². The maximum absolute atomic E-state index is 13.0. The molecule has 7 N–H and O–H groups in total. The molecule has 0 saturated carbocycles. The zero-order valence-electron chi connectivity index (χ0n) is 16.3. The van der Waals surface area contributed by atoms with Gasteiger partial charge in [-0.15, -0.1) is 0 Å². The minimum Gasteiger partial charge on any atom is -0.396 e. The van der Waals surface area contributed by atoms with Crippen molar-refractivity contribution in [3.63, 3.8) is 0 Å². The summed E-state index contributed by atoms with van der Waals surface area (Å²) in [6.45, 7) is -0.281. The van der Waals surface area contributed by atoms with E-state index in [1.807, 2.05) is 45.2 Å². The molecule has 0 fully saturated rings. The van der Waals surface area contributed by atoms with Crippen LogP contribution in [-0.4, -0.2) is 76.7 Å². The summed E-state index contributed by atoms with van der Waals surface area (Å²) >= 11 is 5.43. The third kappa shape index (κ3) is 7.05. The molecule has 14 heteroatoms. The number of amides is 3. The number of rotatable bonds is 11. The van der Waals surface area contributed by atoms with Crippen molar-refractivity contribution in [1.82, 2.24) is 5.32 Å². The van der Waals surface area contributed by atoms with E-state index in [4.69, 9.17) is 20.8 Å². The van der Waals surface area contributed by atoms with Crippen molar-refractivity contribution in [3.05, 3.63) is 21.8 Å². The molecule has 1 aromatic rings. The van der Waals surface area contributed by atoms with Crippen LogP contribution >= 0.6 is 67.8 Å². The van der Waals surface area contributed by atoms with Gasteiger partial charge in [0.05, 0.1) is 50.2 Å². The van der Waals surface area contributed by atoms with Gasteiger partial charge in [-0.05, 0) is 74.2 Å². The first kappa shape index (κ1) is 28.7. The molecule has 0 aliphatic rings. The SMILES string of the molecule is CC(=O)N(OCCCO)c1c(I)c(C(N)=O)c(I)c(C(=O)NC(CO)C(O)CO)c1I. The predicted octanol–water partition coefficient (Wildman–Crippen LogP) is -0.290. The summed E-state index contributed by atoms with van der Waals surface area (Å²) < 4.78 is 0.737. The summed E-state index contributed by atoms with van der Waals surface area (Å²) in [5, 5.41) is 40.6. The van der Waals surface area contributed by atoms with Crippen LogP contribution in [0.25, 0.3) is 0 Å². The van der Waals surface area contributed by atoms with Gasteiger partial charge in [0.15, 0.2) is 0 Å². The van der Waals surface area contributed by atoms with Crippen LogP contribution in [-0.2, 0) is 9.63 Å². The Kier molecular flexibility index (Phi) is 12.3. The molecule has 0 spiro atoms. The molecule has 3 amide bonds. The molecular weight excluding hydrogens is 755 g/mol. The average molecular weight is 777 g/mol.